The summed E-state index contributed by atoms with van der Waals surface area (Å²) < 4.78 is 5.55. The van der Waals surface area contributed by atoms with Gasteiger partial charge in [-0.15, -0.1) is 0 Å². The first-order chi connectivity index (χ1) is 8.06. The summed E-state index contributed by atoms with van der Waals surface area (Å²) in [5, 5.41) is 8.92. The van der Waals surface area contributed by atoms with Gasteiger partial charge in [0.05, 0.1) is 17.9 Å². The second-order valence-corrected chi connectivity index (χ2v) is 4.23. The molecule has 0 aliphatic rings. The number of nitrogen functional groups attached to an aromatic ring is 1. The van der Waals surface area contributed by atoms with Crippen molar-refractivity contribution in [3.8, 4) is 5.75 Å². The maximum atomic E-state index is 10.9. The maximum absolute atomic E-state index is 10.9. The first-order valence-corrected chi connectivity index (χ1v) is 5.80. The highest BCUT2D eigenvalue weighted by molar-refractivity contribution is 5.95. The van der Waals surface area contributed by atoms with Crippen molar-refractivity contribution in [2.45, 2.75) is 26.7 Å². The number of carboxylic acids is 1. The molecule has 0 saturated heterocycles. The van der Waals surface area contributed by atoms with Gasteiger partial charge in [-0.25, -0.2) is 4.79 Å². The summed E-state index contributed by atoms with van der Waals surface area (Å²) >= 11 is 0. The van der Waals surface area contributed by atoms with Gasteiger partial charge in [-0.3, -0.25) is 0 Å². The van der Waals surface area contributed by atoms with Crippen LogP contribution in [0.5, 0.6) is 5.75 Å². The molecule has 0 aliphatic heterocycles. The average molecular weight is 237 g/mol. The summed E-state index contributed by atoms with van der Waals surface area (Å²) in [4.78, 5) is 10.9. The summed E-state index contributed by atoms with van der Waals surface area (Å²) in [6, 6.07) is 4.81. The molecule has 1 aromatic carbocycles. The summed E-state index contributed by atoms with van der Waals surface area (Å²) in [6.45, 7) is 4.78. The largest absolute Gasteiger partial charge is 0.491 e. The van der Waals surface area contributed by atoms with E-state index in [1.807, 2.05) is 0 Å². The van der Waals surface area contributed by atoms with Gasteiger partial charge < -0.3 is 15.6 Å². The number of aromatic carboxylic acids is 1. The van der Waals surface area contributed by atoms with E-state index < -0.39 is 5.97 Å². The summed E-state index contributed by atoms with van der Waals surface area (Å²) in [6.07, 6.45) is 2.19. The van der Waals surface area contributed by atoms with Crippen molar-refractivity contribution >= 4 is 11.7 Å². The first kappa shape index (κ1) is 13.4. The topological polar surface area (TPSA) is 72.5 Å². The fraction of sp³-hybridized carbons (Fsp3) is 0.462. The molecule has 94 valence electrons. The molecule has 0 fully saturated rings. The highest BCUT2D eigenvalue weighted by Gasteiger charge is 2.12. The van der Waals surface area contributed by atoms with Crippen molar-refractivity contribution in [2.75, 3.05) is 12.3 Å². The van der Waals surface area contributed by atoms with E-state index in [0.29, 0.717) is 18.3 Å². The summed E-state index contributed by atoms with van der Waals surface area (Å²) in [5.74, 6) is -0.143. The molecule has 0 saturated carbocycles. The standard InChI is InChI=1S/C13H19NO3/c1-3-5-9(2)8-17-11-7-4-6-10(12(11)14)13(15)16/h4,6-7,9H,3,5,8,14H2,1-2H3,(H,15,16). The fourth-order valence-electron chi connectivity index (χ4n) is 1.66. The Morgan fingerprint density at radius 3 is 2.82 bits per heavy atom. The number of rotatable bonds is 6. The van der Waals surface area contributed by atoms with E-state index in [0.717, 1.165) is 12.8 Å². The highest BCUT2D eigenvalue weighted by atomic mass is 16.5. The van der Waals surface area contributed by atoms with Crippen LogP contribution in [0.2, 0.25) is 0 Å². The van der Waals surface area contributed by atoms with Crippen molar-refractivity contribution in [2.24, 2.45) is 5.92 Å². The first-order valence-electron chi connectivity index (χ1n) is 5.80. The lowest BCUT2D eigenvalue weighted by Crippen LogP contribution is -2.11. The van der Waals surface area contributed by atoms with Gasteiger partial charge in [0.15, 0.2) is 0 Å². The van der Waals surface area contributed by atoms with Crippen molar-refractivity contribution < 1.29 is 14.6 Å². The third kappa shape index (κ3) is 3.66. The van der Waals surface area contributed by atoms with Crippen molar-refractivity contribution in [1.82, 2.24) is 0 Å². The highest BCUT2D eigenvalue weighted by Crippen LogP contribution is 2.25. The van der Waals surface area contributed by atoms with Gasteiger partial charge in [0.1, 0.15) is 5.75 Å². The Hall–Kier alpha value is -1.71. The molecule has 4 nitrogen and oxygen atoms in total. The Kier molecular flexibility index (Phi) is 4.82. The van der Waals surface area contributed by atoms with E-state index in [1.54, 1.807) is 12.1 Å². The van der Waals surface area contributed by atoms with Gasteiger partial charge in [0.2, 0.25) is 0 Å². The number of benzene rings is 1. The number of hydrogen-bond donors (Lipinski definition) is 2. The molecular formula is C13H19NO3. The zero-order valence-corrected chi connectivity index (χ0v) is 10.3. The number of carboxylic acid groups (broad SMARTS) is 1. The van der Waals surface area contributed by atoms with Crippen molar-refractivity contribution in [3.63, 3.8) is 0 Å². The van der Waals surface area contributed by atoms with Crippen LogP contribution in [0.25, 0.3) is 0 Å². The van der Waals surface area contributed by atoms with Crippen LogP contribution in [0, 0.1) is 5.92 Å². The van der Waals surface area contributed by atoms with Gasteiger partial charge >= 0.3 is 5.97 Å². The number of anilines is 1. The molecule has 1 unspecified atom stereocenters. The van der Waals surface area contributed by atoms with Crippen LogP contribution in [0.1, 0.15) is 37.0 Å². The van der Waals surface area contributed by atoms with Crippen LogP contribution in [0.3, 0.4) is 0 Å². The van der Waals surface area contributed by atoms with E-state index in [9.17, 15) is 4.79 Å². The molecule has 0 amide bonds. The van der Waals surface area contributed by atoms with E-state index in [4.69, 9.17) is 15.6 Å². The molecule has 0 aromatic heterocycles. The lowest BCUT2D eigenvalue weighted by atomic mass is 10.1. The number of hydrogen-bond acceptors (Lipinski definition) is 3. The van der Waals surface area contributed by atoms with Crippen LogP contribution in [0.4, 0.5) is 5.69 Å². The van der Waals surface area contributed by atoms with E-state index in [2.05, 4.69) is 13.8 Å². The van der Waals surface area contributed by atoms with Crippen molar-refractivity contribution in [1.29, 1.82) is 0 Å². The van der Waals surface area contributed by atoms with Gasteiger partial charge in [-0.1, -0.05) is 26.3 Å². The molecule has 4 heteroatoms. The zero-order chi connectivity index (χ0) is 12.8. The Labute approximate surface area is 101 Å². The second-order valence-electron chi connectivity index (χ2n) is 4.23. The molecule has 0 bridgehead atoms. The molecule has 1 aromatic rings. The Balaban J connectivity index is 2.72. The average Bonchev–Trinajstić information content (AvgIpc) is 2.27. The number of carbonyl (C=O) groups is 1. The van der Waals surface area contributed by atoms with E-state index in [1.165, 1.54) is 6.07 Å². The molecule has 3 N–H and O–H groups in total. The molecular weight excluding hydrogens is 218 g/mol. The summed E-state index contributed by atoms with van der Waals surface area (Å²) in [7, 11) is 0. The molecule has 1 rings (SSSR count). The van der Waals surface area contributed by atoms with Gasteiger partial charge in [-0.05, 0) is 24.5 Å². The minimum atomic E-state index is -1.03. The van der Waals surface area contributed by atoms with Crippen LogP contribution in [-0.4, -0.2) is 17.7 Å². The van der Waals surface area contributed by atoms with Crippen LogP contribution in [-0.2, 0) is 0 Å². The minimum absolute atomic E-state index is 0.0886. The Bertz CT molecular complexity index is 390. The molecule has 0 radical (unpaired) electrons. The molecule has 0 spiro atoms. The monoisotopic (exact) mass is 237 g/mol. The van der Waals surface area contributed by atoms with Gasteiger partial charge in [0, 0.05) is 0 Å². The molecule has 1 atom stereocenters. The molecule has 0 aliphatic carbocycles. The normalized spacial score (nSPS) is 12.1. The van der Waals surface area contributed by atoms with E-state index >= 15 is 0 Å². The van der Waals surface area contributed by atoms with Crippen LogP contribution >= 0.6 is 0 Å². The predicted octanol–water partition coefficient (Wildman–Crippen LogP) is 2.78. The quantitative estimate of drug-likeness (QED) is 0.746. The minimum Gasteiger partial charge on any atom is -0.491 e. The van der Waals surface area contributed by atoms with Gasteiger partial charge in [0.25, 0.3) is 0 Å². The lowest BCUT2D eigenvalue weighted by Gasteiger charge is -2.14. The number of ether oxygens (including phenoxy) is 1. The molecule has 0 heterocycles. The second kappa shape index (κ2) is 6.13. The lowest BCUT2D eigenvalue weighted by molar-refractivity contribution is 0.0697. The fourth-order valence-corrected chi connectivity index (χ4v) is 1.66. The molecule has 17 heavy (non-hydrogen) atoms. The van der Waals surface area contributed by atoms with Crippen molar-refractivity contribution in [3.05, 3.63) is 23.8 Å². The SMILES string of the molecule is CCCC(C)COc1cccc(C(=O)O)c1N. The third-order valence-corrected chi connectivity index (χ3v) is 2.60. The Morgan fingerprint density at radius 2 is 2.24 bits per heavy atom. The van der Waals surface area contributed by atoms with Crippen LogP contribution < -0.4 is 10.5 Å². The van der Waals surface area contributed by atoms with Crippen LogP contribution in [0.15, 0.2) is 18.2 Å². The Morgan fingerprint density at radius 1 is 1.53 bits per heavy atom. The smallest absolute Gasteiger partial charge is 0.337 e. The van der Waals surface area contributed by atoms with E-state index in [-0.39, 0.29) is 11.3 Å². The van der Waals surface area contributed by atoms with Gasteiger partial charge in [-0.2, -0.15) is 0 Å². The number of para-hydroxylation sites is 1. The zero-order valence-electron chi connectivity index (χ0n) is 10.3. The summed E-state index contributed by atoms with van der Waals surface area (Å²) in [5.41, 5.74) is 6.03. The predicted molar refractivity (Wildman–Crippen MR) is 67.4 cm³/mol. The number of nitrogens with two attached hydrogens (primary N) is 1. The maximum Gasteiger partial charge on any atom is 0.337 e. The third-order valence-electron chi connectivity index (χ3n) is 2.60.